The Morgan fingerprint density at radius 3 is 1.45 bits per heavy atom. The van der Waals surface area contributed by atoms with Crippen LogP contribution in [0, 0.1) is 0 Å². The molecule has 3 aromatic rings. The Labute approximate surface area is 175 Å². The highest BCUT2D eigenvalue weighted by Gasteiger charge is 2.38. The van der Waals surface area contributed by atoms with E-state index in [0.29, 0.717) is 6.61 Å². The second-order valence-electron chi connectivity index (χ2n) is 7.11. The fourth-order valence-electron chi connectivity index (χ4n) is 3.99. The Bertz CT molecular complexity index is 760. The zero-order chi connectivity index (χ0) is 20.5. The van der Waals surface area contributed by atoms with Gasteiger partial charge in [0.2, 0.25) is 0 Å². The van der Waals surface area contributed by atoms with Crippen molar-refractivity contribution >= 4 is 0 Å². The van der Waals surface area contributed by atoms with Crippen molar-refractivity contribution in [1.29, 1.82) is 0 Å². The van der Waals surface area contributed by atoms with E-state index in [1.807, 2.05) is 24.3 Å². The number of rotatable bonds is 10. The smallest absolute Gasteiger partial charge is 0.143 e. The zero-order valence-corrected chi connectivity index (χ0v) is 17.5. The third-order valence-corrected chi connectivity index (χ3v) is 5.57. The molecule has 0 heterocycles. The molecule has 0 bridgehead atoms. The first-order valence-corrected chi connectivity index (χ1v) is 10.4. The molecule has 150 valence electrons. The molecule has 2 nitrogen and oxygen atoms in total. The Morgan fingerprint density at radius 2 is 1.14 bits per heavy atom. The van der Waals surface area contributed by atoms with E-state index in [4.69, 9.17) is 4.74 Å². The molecule has 0 fully saturated rings. The van der Waals surface area contributed by atoms with Crippen LogP contribution in [0.1, 0.15) is 30.5 Å². The summed E-state index contributed by atoms with van der Waals surface area (Å²) in [5.41, 5.74) is 2.69. The van der Waals surface area contributed by atoms with Gasteiger partial charge in [-0.15, -0.1) is 6.58 Å². The van der Waals surface area contributed by atoms with Gasteiger partial charge in [-0.2, -0.15) is 0 Å². The van der Waals surface area contributed by atoms with E-state index in [2.05, 4.69) is 98.1 Å². The third-order valence-electron chi connectivity index (χ3n) is 5.57. The van der Waals surface area contributed by atoms with Crippen LogP contribution >= 0.6 is 0 Å². The van der Waals surface area contributed by atoms with Gasteiger partial charge >= 0.3 is 0 Å². The lowest BCUT2D eigenvalue weighted by molar-refractivity contribution is -0.0121. The number of nitrogens with zero attached hydrogens (tertiary/aromatic N) is 1. The van der Waals surface area contributed by atoms with Crippen LogP contribution in [-0.2, 0) is 10.3 Å². The number of likely N-dealkylation sites (N-methyl/N-ethyl adjacent to an activating group) is 1. The fraction of sp³-hybridized carbons (Fsp3) is 0.259. The van der Waals surface area contributed by atoms with Crippen molar-refractivity contribution in [2.75, 3.05) is 19.7 Å². The summed E-state index contributed by atoms with van der Waals surface area (Å²) in [5.74, 6) is 0. The van der Waals surface area contributed by atoms with Gasteiger partial charge in [0.25, 0.3) is 0 Å². The van der Waals surface area contributed by atoms with Crippen LogP contribution in [0.4, 0.5) is 0 Å². The number of benzene rings is 3. The van der Waals surface area contributed by atoms with E-state index in [0.717, 1.165) is 29.8 Å². The Morgan fingerprint density at radius 1 is 0.759 bits per heavy atom. The predicted molar refractivity (Wildman–Crippen MR) is 122 cm³/mol. The lowest BCUT2D eigenvalue weighted by Gasteiger charge is -2.38. The Balaban J connectivity index is 2.13. The maximum atomic E-state index is 6.91. The number of hydrogen-bond acceptors (Lipinski definition) is 2. The highest BCUT2D eigenvalue weighted by Crippen LogP contribution is 2.40. The topological polar surface area (TPSA) is 12.5 Å². The minimum atomic E-state index is -0.682. The highest BCUT2D eigenvalue weighted by atomic mass is 16.5. The number of hydrogen-bond donors (Lipinski definition) is 0. The summed E-state index contributed by atoms with van der Waals surface area (Å²) in [6, 6.07) is 31.7. The largest absolute Gasteiger partial charge is 0.359 e. The first kappa shape index (κ1) is 21.0. The molecule has 1 atom stereocenters. The van der Waals surface area contributed by atoms with Gasteiger partial charge in [0, 0.05) is 0 Å². The van der Waals surface area contributed by atoms with Crippen LogP contribution in [-0.4, -0.2) is 30.6 Å². The summed E-state index contributed by atoms with van der Waals surface area (Å²) in [6.07, 6.45) is 2.00. The van der Waals surface area contributed by atoms with Gasteiger partial charge in [0.05, 0.1) is 12.6 Å². The SMILES string of the molecule is C=C[C@H](COC(c1ccccc1)(c1ccccc1)c1ccccc1)N(CC)CC. The van der Waals surface area contributed by atoms with Gasteiger partial charge in [-0.1, -0.05) is 111 Å². The maximum Gasteiger partial charge on any atom is 0.143 e. The quantitative estimate of drug-likeness (QED) is 0.319. The molecule has 3 aromatic carbocycles. The van der Waals surface area contributed by atoms with Crippen LogP contribution in [0.15, 0.2) is 104 Å². The van der Waals surface area contributed by atoms with Crippen molar-refractivity contribution in [2.45, 2.75) is 25.5 Å². The first-order valence-electron chi connectivity index (χ1n) is 10.4. The van der Waals surface area contributed by atoms with Gasteiger partial charge in [-0.25, -0.2) is 0 Å². The molecule has 2 heteroatoms. The molecule has 0 spiro atoms. The molecule has 0 aliphatic heterocycles. The summed E-state index contributed by atoms with van der Waals surface area (Å²) in [6.45, 7) is 10.9. The van der Waals surface area contributed by atoms with E-state index in [1.165, 1.54) is 0 Å². The van der Waals surface area contributed by atoms with Gasteiger partial charge in [-0.05, 0) is 29.8 Å². The molecule has 0 saturated carbocycles. The molecule has 0 unspecified atom stereocenters. The summed E-state index contributed by atoms with van der Waals surface area (Å²) in [4.78, 5) is 2.37. The lowest BCUT2D eigenvalue weighted by Crippen LogP contribution is -2.41. The molecule has 0 radical (unpaired) electrons. The average Bonchev–Trinajstić information content (AvgIpc) is 2.81. The van der Waals surface area contributed by atoms with E-state index >= 15 is 0 Å². The molecule has 0 aromatic heterocycles. The first-order chi connectivity index (χ1) is 14.3. The fourth-order valence-corrected chi connectivity index (χ4v) is 3.99. The minimum Gasteiger partial charge on any atom is -0.359 e. The normalized spacial score (nSPS) is 12.7. The molecule has 29 heavy (non-hydrogen) atoms. The lowest BCUT2D eigenvalue weighted by atomic mass is 9.80. The summed E-state index contributed by atoms with van der Waals surface area (Å²) < 4.78 is 6.91. The standard InChI is InChI=1S/C27H31NO/c1-4-26(28(5-2)6-3)22-29-27(23-16-10-7-11-17-23,24-18-12-8-13-19-24)25-20-14-9-15-21-25/h4,7-21,26H,1,5-6,22H2,2-3H3/t26-/m1/s1. The summed E-state index contributed by atoms with van der Waals surface area (Å²) in [7, 11) is 0. The Hall–Kier alpha value is -2.68. The summed E-state index contributed by atoms with van der Waals surface area (Å²) >= 11 is 0. The molecule has 3 rings (SSSR count). The van der Waals surface area contributed by atoms with Crippen molar-refractivity contribution in [3.05, 3.63) is 120 Å². The van der Waals surface area contributed by atoms with Crippen molar-refractivity contribution in [1.82, 2.24) is 4.90 Å². The molecule has 0 N–H and O–H groups in total. The minimum absolute atomic E-state index is 0.153. The predicted octanol–water partition coefficient (Wildman–Crippen LogP) is 5.89. The van der Waals surface area contributed by atoms with Crippen molar-refractivity contribution < 1.29 is 4.74 Å². The molecule has 0 aliphatic carbocycles. The van der Waals surface area contributed by atoms with Crippen molar-refractivity contribution in [3.63, 3.8) is 0 Å². The van der Waals surface area contributed by atoms with Crippen LogP contribution in [0.3, 0.4) is 0 Å². The van der Waals surface area contributed by atoms with Crippen LogP contribution in [0.2, 0.25) is 0 Å². The second kappa shape index (κ2) is 10.2. The van der Waals surface area contributed by atoms with E-state index in [-0.39, 0.29) is 6.04 Å². The molecular formula is C27H31NO. The zero-order valence-electron chi connectivity index (χ0n) is 17.5. The second-order valence-corrected chi connectivity index (χ2v) is 7.11. The maximum absolute atomic E-state index is 6.91. The van der Waals surface area contributed by atoms with Gasteiger partial charge < -0.3 is 4.74 Å². The monoisotopic (exact) mass is 385 g/mol. The Kier molecular flexibility index (Phi) is 7.40. The molecule has 0 saturated heterocycles. The highest BCUT2D eigenvalue weighted by molar-refractivity contribution is 5.47. The van der Waals surface area contributed by atoms with Crippen LogP contribution in [0.25, 0.3) is 0 Å². The number of ether oxygens (including phenoxy) is 1. The van der Waals surface area contributed by atoms with Gasteiger partial charge in [0.15, 0.2) is 0 Å². The van der Waals surface area contributed by atoms with Gasteiger partial charge in [-0.3, -0.25) is 4.90 Å². The third kappa shape index (κ3) is 4.50. The molecular weight excluding hydrogens is 354 g/mol. The van der Waals surface area contributed by atoms with Crippen LogP contribution < -0.4 is 0 Å². The molecule has 0 aliphatic rings. The van der Waals surface area contributed by atoms with E-state index < -0.39 is 5.60 Å². The van der Waals surface area contributed by atoms with E-state index in [1.54, 1.807) is 0 Å². The van der Waals surface area contributed by atoms with E-state index in [9.17, 15) is 0 Å². The summed E-state index contributed by atoms with van der Waals surface area (Å²) in [5, 5.41) is 0. The van der Waals surface area contributed by atoms with Gasteiger partial charge in [0.1, 0.15) is 5.60 Å². The average molecular weight is 386 g/mol. The van der Waals surface area contributed by atoms with Crippen LogP contribution in [0.5, 0.6) is 0 Å². The van der Waals surface area contributed by atoms with Crippen molar-refractivity contribution in [2.24, 2.45) is 0 Å². The van der Waals surface area contributed by atoms with Crippen molar-refractivity contribution in [3.8, 4) is 0 Å². The molecule has 0 amide bonds.